The highest BCUT2D eigenvalue weighted by atomic mass is 16.6. The van der Waals surface area contributed by atoms with Gasteiger partial charge in [0.2, 0.25) is 0 Å². The average molecular weight is 225 g/mol. The lowest BCUT2D eigenvalue weighted by molar-refractivity contribution is 0.0385. The Morgan fingerprint density at radius 1 is 1.31 bits per heavy atom. The first kappa shape index (κ1) is 12.3. The van der Waals surface area contributed by atoms with Gasteiger partial charge in [-0.2, -0.15) is 0 Å². The Hall–Kier alpha value is -1.75. The van der Waals surface area contributed by atoms with Crippen LogP contribution in [-0.4, -0.2) is 33.4 Å². The van der Waals surface area contributed by atoms with E-state index < -0.39 is 5.97 Å². The molecule has 0 aromatic heterocycles. The first-order chi connectivity index (χ1) is 7.69. The molecule has 88 valence electrons. The molecular formula is C11H15NO4. The van der Waals surface area contributed by atoms with Crippen LogP contribution in [0.1, 0.15) is 10.4 Å². The van der Waals surface area contributed by atoms with Gasteiger partial charge in [0.05, 0.1) is 13.7 Å². The number of anilines is 1. The van der Waals surface area contributed by atoms with Crippen LogP contribution in [0, 0.1) is 0 Å². The van der Waals surface area contributed by atoms with E-state index in [4.69, 9.17) is 19.9 Å². The Kier molecular flexibility index (Phi) is 4.60. The van der Waals surface area contributed by atoms with Crippen LogP contribution < -0.4 is 10.5 Å². The lowest BCUT2D eigenvalue weighted by atomic mass is 10.2. The van der Waals surface area contributed by atoms with Crippen LogP contribution in [0.15, 0.2) is 18.2 Å². The Bertz CT molecular complexity index is 365. The second-order valence-electron chi connectivity index (χ2n) is 3.09. The molecule has 0 fully saturated rings. The largest absolute Gasteiger partial charge is 0.496 e. The van der Waals surface area contributed by atoms with Gasteiger partial charge >= 0.3 is 5.97 Å². The number of ether oxygens (including phenoxy) is 3. The van der Waals surface area contributed by atoms with E-state index in [0.717, 1.165) is 0 Å². The number of nitrogen functional groups attached to an aromatic ring is 1. The topological polar surface area (TPSA) is 70.8 Å². The molecule has 0 bridgehead atoms. The van der Waals surface area contributed by atoms with Crippen LogP contribution in [0.5, 0.6) is 5.75 Å². The summed E-state index contributed by atoms with van der Waals surface area (Å²) in [5.41, 5.74) is 6.46. The van der Waals surface area contributed by atoms with Gasteiger partial charge in [-0.25, -0.2) is 4.79 Å². The molecule has 1 aromatic rings. The molecule has 0 spiro atoms. The third-order valence-corrected chi connectivity index (χ3v) is 1.97. The molecule has 5 nitrogen and oxygen atoms in total. The maximum Gasteiger partial charge on any atom is 0.342 e. The van der Waals surface area contributed by atoms with Crippen molar-refractivity contribution in [3.8, 4) is 5.75 Å². The van der Waals surface area contributed by atoms with Crippen molar-refractivity contribution in [1.82, 2.24) is 0 Å². The Morgan fingerprint density at radius 3 is 2.69 bits per heavy atom. The zero-order chi connectivity index (χ0) is 12.0. The van der Waals surface area contributed by atoms with E-state index in [9.17, 15) is 4.79 Å². The molecule has 2 N–H and O–H groups in total. The molecule has 0 unspecified atom stereocenters. The predicted molar refractivity (Wildman–Crippen MR) is 59.6 cm³/mol. The third kappa shape index (κ3) is 3.13. The van der Waals surface area contributed by atoms with Crippen molar-refractivity contribution >= 4 is 11.7 Å². The minimum atomic E-state index is -0.450. The maximum absolute atomic E-state index is 11.6. The van der Waals surface area contributed by atoms with Crippen molar-refractivity contribution in [3.63, 3.8) is 0 Å². The summed E-state index contributed by atoms with van der Waals surface area (Å²) < 4.78 is 14.8. The molecule has 0 aliphatic heterocycles. The number of carbonyl (C=O) groups excluding carboxylic acids is 1. The SMILES string of the molecule is COCCOC(=O)c1ccc(N)cc1OC. The molecule has 0 atom stereocenters. The fourth-order valence-electron chi connectivity index (χ4n) is 1.17. The summed E-state index contributed by atoms with van der Waals surface area (Å²) in [5, 5.41) is 0. The van der Waals surface area contributed by atoms with Crippen molar-refractivity contribution in [3.05, 3.63) is 23.8 Å². The summed E-state index contributed by atoms with van der Waals surface area (Å²) in [6.07, 6.45) is 0. The molecule has 0 heterocycles. The minimum absolute atomic E-state index is 0.211. The van der Waals surface area contributed by atoms with Crippen molar-refractivity contribution in [2.24, 2.45) is 0 Å². The number of rotatable bonds is 5. The van der Waals surface area contributed by atoms with Gasteiger partial charge < -0.3 is 19.9 Å². The summed E-state index contributed by atoms with van der Waals surface area (Å²) in [4.78, 5) is 11.6. The minimum Gasteiger partial charge on any atom is -0.496 e. The van der Waals surface area contributed by atoms with Crippen LogP contribution >= 0.6 is 0 Å². The van der Waals surface area contributed by atoms with Gasteiger partial charge in [0.15, 0.2) is 0 Å². The van der Waals surface area contributed by atoms with Gasteiger partial charge in [-0.1, -0.05) is 0 Å². The van der Waals surface area contributed by atoms with Crippen molar-refractivity contribution in [2.45, 2.75) is 0 Å². The number of hydrogen-bond acceptors (Lipinski definition) is 5. The highest BCUT2D eigenvalue weighted by molar-refractivity contribution is 5.93. The zero-order valence-corrected chi connectivity index (χ0v) is 9.36. The van der Waals surface area contributed by atoms with E-state index in [2.05, 4.69) is 0 Å². The molecule has 5 heteroatoms. The van der Waals surface area contributed by atoms with E-state index in [-0.39, 0.29) is 6.61 Å². The summed E-state index contributed by atoms with van der Waals surface area (Å²) in [7, 11) is 3.01. The van der Waals surface area contributed by atoms with Gasteiger partial charge in [-0.3, -0.25) is 0 Å². The zero-order valence-electron chi connectivity index (χ0n) is 9.36. The quantitative estimate of drug-likeness (QED) is 0.461. The summed E-state index contributed by atoms with van der Waals surface area (Å²) >= 11 is 0. The number of carbonyl (C=O) groups is 1. The van der Waals surface area contributed by atoms with E-state index in [1.54, 1.807) is 18.2 Å². The van der Waals surface area contributed by atoms with Crippen LogP contribution in [0.2, 0.25) is 0 Å². The molecule has 0 aliphatic rings. The van der Waals surface area contributed by atoms with Crippen LogP contribution in [0.25, 0.3) is 0 Å². The van der Waals surface area contributed by atoms with E-state index in [1.807, 2.05) is 0 Å². The van der Waals surface area contributed by atoms with E-state index in [0.29, 0.717) is 23.6 Å². The predicted octanol–water partition coefficient (Wildman–Crippen LogP) is 1.08. The first-order valence-electron chi connectivity index (χ1n) is 4.78. The summed E-state index contributed by atoms with van der Waals surface area (Å²) in [6.45, 7) is 0.575. The van der Waals surface area contributed by atoms with Gasteiger partial charge in [-0.05, 0) is 12.1 Å². The summed E-state index contributed by atoms with van der Waals surface area (Å²) in [5.74, 6) is -0.0451. The van der Waals surface area contributed by atoms with Gasteiger partial charge in [0.25, 0.3) is 0 Å². The number of methoxy groups -OCH3 is 2. The Morgan fingerprint density at radius 2 is 2.06 bits per heavy atom. The standard InChI is InChI=1S/C11H15NO4/c1-14-5-6-16-11(13)9-4-3-8(12)7-10(9)15-2/h3-4,7H,5-6,12H2,1-2H3. The molecule has 0 saturated carbocycles. The molecule has 1 rings (SSSR count). The molecule has 1 aromatic carbocycles. The smallest absolute Gasteiger partial charge is 0.342 e. The fraction of sp³-hybridized carbons (Fsp3) is 0.364. The average Bonchev–Trinajstić information content (AvgIpc) is 2.29. The molecule has 0 radical (unpaired) electrons. The van der Waals surface area contributed by atoms with Gasteiger partial charge in [-0.15, -0.1) is 0 Å². The molecule has 0 amide bonds. The van der Waals surface area contributed by atoms with Gasteiger partial charge in [0.1, 0.15) is 17.9 Å². The number of benzene rings is 1. The molecule has 16 heavy (non-hydrogen) atoms. The normalized spacial score (nSPS) is 9.88. The van der Waals surface area contributed by atoms with E-state index >= 15 is 0 Å². The lowest BCUT2D eigenvalue weighted by Crippen LogP contribution is -2.11. The van der Waals surface area contributed by atoms with E-state index in [1.165, 1.54) is 14.2 Å². The second-order valence-corrected chi connectivity index (χ2v) is 3.09. The monoisotopic (exact) mass is 225 g/mol. The van der Waals surface area contributed by atoms with Crippen LogP contribution in [-0.2, 0) is 9.47 Å². The highest BCUT2D eigenvalue weighted by Gasteiger charge is 2.13. The third-order valence-electron chi connectivity index (χ3n) is 1.97. The molecular weight excluding hydrogens is 210 g/mol. The van der Waals surface area contributed by atoms with Crippen molar-refractivity contribution in [2.75, 3.05) is 33.2 Å². The van der Waals surface area contributed by atoms with Crippen LogP contribution in [0.4, 0.5) is 5.69 Å². The Balaban J connectivity index is 2.74. The molecule has 0 saturated heterocycles. The summed E-state index contributed by atoms with van der Waals surface area (Å²) in [6, 6.07) is 4.77. The van der Waals surface area contributed by atoms with Crippen molar-refractivity contribution in [1.29, 1.82) is 0 Å². The van der Waals surface area contributed by atoms with Crippen molar-refractivity contribution < 1.29 is 19.0 Å². The Labute approximate surface area is 94.1 Å². The second kappa shape index (κ2) is 5.97. The number of nitrogens with two attached hydrogens (primary N) is 1. The maximum atomic E-state index is 11.6. The molecule has 0 aliphatic carbocycles. The number of esters is 1. The highest BCUT2D eigenvalue weighted by Crippen LogP contribution is 2.22. The van der Waals surface area contributed by atoms with Crippen LogP contribution in [0.3, 0.4) is 0 Å². The lowest BCUT2D eigenvalue weighted by Gasteiger charge is -2.09. The first-order valence-corrected chi connectivity index (χ1v) is 4.78. The number of hydrogen-bond donors (Lipinski definition) is 1. The van der Waals surface area contributed by atoms with Gasteiger partial charge in [0, 0.05) is 18.9 Å². The fourth-order valence-corrected chi connectivity index (χ4v) is 1.17.